The van der Waals surface area contributed by atoms with Crippen molar-refractivity contribution in [2.24, 2.45) is 7.05 Å². The smallest absolute Gasteiger partial charge is 0.252 e. The Hall–Kier alpha value is -1.95. The van der Waals surface area contributed by atoms with Gasteiger partial charge in [-0.15, -0.1) is 0 Å². The number of hydrogen-bond donors (Lipinski definition) is 2. The minimum absolute atomic E-state index is 0.197. The lowest BCUT2D eigenvalue weighted by atomic mass is 10.1. The van der Waals surface area contributed by atoms with Crippen LogP contribution in [0.15, 0.2) is 6.07 Å². The standard InChI is InChI=1S/C15H22N4O2/c1-5-6-11(20)8-16-15(21)12-7-9(2)17-14-13(12)10(3)18-19(14)4/h7,11,20H,5-6,8H2,1-4H3,(H,16,21). The van der Waals surface area contributed by atoms with Crippen molar-refractivity contribution in [2.45, 2.75) is 39.7 Å². The average Bonchev–Trinajstić information content (AvgIpc) is 2.70. The van der Waals surface area contributed by atoms with E-state index in [1.807, 2.05) is 27.8 Å². The van der Waals surface area contributed by atoms with Crippen molar-refractivity contribution < 1.29 is 9.90 Å². The first kappa shape index (κ1) is 15.4. The second kappa shape index (κ2) is 6.22. The predicted octanol–water partition coefficient (Wildman–Crippen LogP) is 1.48. The molecule has 0 spiro atoms. The Balaban J connectivity index is 2.30. The number of carbonyl (C=O) groups is 1. The van der Waals surface area contributed by atoms with E-state index >= 15 is 0 Å². The van der Waals surface area contributed by atoms with Crippen LogP contribution in [0, 0.1) is 13.8 Å². The zero-order valence-electron chi connectivity index (χ0n) is 13.0. The van der Waals surface area contributed by atoms with Crippen molar-refractivity contribution in [1.29, 1.82) is 0 Å². The molecule has 0 saturated heterocycles. The number of amides is 1. The van der Waals surface area contributed by atoms with Gasteiger partial charge in [-0.25, -0.2) is 4.98 Å². The van der Waals surface area contributed by atoms with Crippen LogP contribution in [-0.4, -0.2) is 38.4 Å². The molecule has 2 aromatic heterocycles. The van der Waals surface area contributed by atoms with E-state index in [2.05, 4.69) is 15.4 Å². The van der Waals surface area contributed by atoms with Crippen molar-refractivity contribution in [3.63, 3.8) is 0 Å². The Bertz CT molecular complexity index is 663. The number of aliphatic hydroxyl groups excluding tert-OH is 1. The van der Waals surface area contributed by atoms with Crippen molar-refractivity contribution in [2.75, 3.05) is 6.54 Å². The lowest BCUT2D eigenvalue weighted by Crippen LogP contribution is -2.32. The monoisotopic (exact) mass is 290 g/mol. The van der Waals surface area contributed by atoms with Gasteiger partial charge in [-0.3, -0.25) is 9.48 Å². The van der Waals surface area contributed by atoms with Crippen LogP contribution in [0.25, 0.3) is 11.0 Å². The third-order valence-corrected chi connectivity index (χ3v) is 3.46. The summed E-state index contributed by atoms with van der Waals surface area (Å²) in [5, 5.41) is 17.6. The Morgan fingerprint density at radius 3 is 2.86 bits per heavy atom. The predicted molar refractivity (Wildman–Crippen MR) is 81.2 cm³/mol. The number of aromatic nitrogens is 3. The molecule has 0 fully saturated rings. The van der Waals surface area contributed by atoms with Crippen LogP contribution in [-0.2, 0) is 7.05 Å². The third kappa shape index (κ3) is 3.21. The lowest BCUT2D eigenvalue weighted by Gasteiger charge is -2.11. The minimum atomic E-state index is -0.507. The second-order valence-electron chi connectivity index (χ2n) is 5.37. The van der Waals surface area contributed by atoms with Crippen molar-refractivity contribution in [3.05, 3.63) is 23.0 Å². The van der Waals surface area contributed by atoms with Gasteiger partial charge in [-0.05, 0) is 26.3 Å². The SMILES string of the molecule is CCCC(O)CNC(=O)c1cc(C)nc2c1c(C)nn2C. The summed E-state index contributed by atoms with van der Waals surface area (Å²) >= 11 is 0. The molecule has 0 aromatic carbocycles. The summed E-state index contributed by atoms with van der Waals surface area (Å²) in [6.45, 7) is 5.97. The van der Waals surface area contributed by atoms with Gasteiger partial charge >= 0.3 is 0 Å². The van der Waals surface area contributed by atoms with Gasteiger partial charge in [-0.2, -0.15) is 5.10 Å². The summed E-state index contributed by atoms with van der Waals surface area (Å²) in [6, 6.07) is 1.76. The van der Waals surface area contributed by atoms with E-state index < -0.39 is 6.10 Å². The molecule has 2 N–H and O–H groups in total. The molecule has 0 aliphatic heterocycles. The Labute approximate surface area is 124 Å². The van der Waals surface area contributed by atoms with E-state index in [9.17, 15) is 9.90 Å². The van der Waals surface area contributed by atoms with E-state index in [0.29, 0.717) is 17.6 Å². The molecule has 6 nitrogen and oxygen atoms in total. The van der Waals surface area contributed by atoms with Crippen molar-refractivity contribution in [3.8, 4) is 0 Å². The summed E-state index contributed by atoms with van der Waals surface area (Å²) in [5.41, 5.74) is 2.81. The lowest BCUT2D eigenvalue weighted by molar-refractivity contribution is 0.0911. The van der Waals surface area contributed by atoms with Gasteiger partial charge in [-0.1, -0.05) is 13.3 Å². The van der Waals surface area contributed by atoms with Gasteiger partial charge in [0, 0.05) is 19.3 Å². The highest BCUT2D eigenvalue weighted by Gasteiger charge is 2.18. The fourth-order valence-electron chi connectivity index (χ4n) is 2.49. The molecule has 0 radical (unpaired) electrons. The second-order valence-corrected chi connectivity index (χ2v) is 5.37. The maximum atomic E-state index is 12.4. The highest BCUT2D eigenvalue weighted by atomic mass is 16.3. The molecule has 1 unspecified atom stereocenters. The van der Waals surface area contributed by atoms with E-state index in [4.69, 9.17) is 0 Å². The van der Waals surface area contributed by atoms with Crippen LogP contribution < -0.4 is 5.32 Å². The molecule has 21 heavy (non-hydrogen) atoms. The number of fused-ring (bicyclic) bond motifs is 1. The van der Waals surface area contributed by atoms with Crippen LogP contribution in [0.2, 0.25) is 0 Å². The van der Waals surface area contributed by atoms with Gasteiger partial charge in [0.1, 0.15) is 0 Å². The molecular formula is C15H22N4O2. The molecule has 0 bridgehead atoms. The molecule has 0 aliphatic rings. The van der Waals surface area contributed by atoms with Crippen molar-refractivity contribution >= 4 is 16.9 Å². The number of aliphatic hydroxyl groups is 1. The maximum absolute atomic E-state index is 12.4. The summed E-state index contributed by atoms with van der Waals surface area (Å²) in [5.74, 6) is -0.197. The minimum Gasteiger partial charge on any atom is -0.391 e. The normalized spacial score (nSPS) is 12.6. The number of carbonyl (C=O) groups excluding carboxylic acids is 1. The number of pyridine rings is 1. The zero-order chi connectivity index (χ0) is 15.6. The molecular weight excluding hydrogens is 268 g/mol. The summed E-state index contributed by atoms with van der Waals surface area (Å²) in [4.78, 5) is 16.8. The summed E-state index contributed by atoms with van der Waals surface area (Å²) in [6.07, 6.45) is 1.06. The Morgan fingerprint density at radius 1 is 1.48 bits per heavy atom. The average molecular weight is 290 g/mol. The highest BCUT2D eigenvalue weighted by molar-refractivity contribution is 6.06. The van der Waals surface area contributed by atoms with E-state index in [-0.39, 0.29) is 12.5 Å². The number of nitrogens with zero attached hydrogens (tertiary/aromatic N) is 3. The van der Waals surface area contributed by atoms with Gasteiger partial charge in [0.05, 0.1) is 22.7 Å². The fraction of sp³-hybridized carbons (Fsp3) is 0.533. The third-order valence-electron chi connectivity index (χ3n) is 3.46. The number of aryl methyl sites for hydroxylation is 3. The number of nitrogens with one attached hydrogen (secondary N) is 1. The van der Waals surface area contributed by atoms with E-state index in [1.165, 1.54) is 0 Å². The van der Waals surface area contributed by atoms with Gasteiger partial charge in [0.2, 0.25) is 0 Å². The molecule has 1 amide bonds. The van der Waals surface area contributed by atoms with Crippen LogP contribution >= 0.6 is 0 Å². The van der Waals surface area contributed by atoms with Gasteiger partial charge < -0.3 is 10.4 Å². The van der Waals surface area contributed by atoms with Crippen LogP contribution in [0.4, 0.5) is 0 Å². The van der Waals surface area contributed by atoms with Gasteiger partial charge in [0.15, 0.2) is 5.65 Å². The molecule has 2 aromatic rings. The van der Waals surface area contributed by atoms with E-state index in [0.717, 1.165) is 23.2 Å². The molecule has 2 rings (SSSR count). The first-order valence-corrected chi connectivity index (χ1v) is 7.21. The number of hydrogen-bond acceptors (Lipinski definition) is 4. The van der Waals surface area contributed by atoms with Gasteiger partial charge in [0.25, 0.3) is 5.91 Å². The molecule has 114 valence electrons. The topological polar surface area (TPSA) is 80.0 Å². The molecule has 2 heterocycles. The van der Waals surface area contributed by atoms with Crippen LogP contribution in [0.3, 0.4) is 0 Å². The summed E-state index contributed by atoms with van der Waals surface area (Å²) < 4.78 is 1.68. The fourth-order valence-corrected chi connectivity index (χ4v) is 2.49. The molecule has 6 heteroatoms. The first-order chi connectivity index (χ1) is 9.93. The Kier molecular flexibility index (Phi) is 4.57. The summed E-state index contributed by atoms with van der Waals surface area (Å²) in [7, 11) is 1.81. The largest absolute Gasteiger partial charge is 0.391 e. The van der Waals surface area contributed by atoms with Crippen molar-refractivity contribution in [1.82, 2.24) is 20.1 Å². The van der Waals surface area contributed by atoms with Crippen LogP contribution in [0.5, 0.6) is 0 Å². The van der Waals surface area contributed by atoms with E-state index in [1.54, 1.807) is 10.7 Å². The Morgan fingerprint density at radius 2 is 2.19 bits per heavy atom. The molecule has 0 aliphatic carbocycles. The van der Waals surface area contributed by atoms with Crippen LogP contribution in [0.1, 0.15) is 41.5 Å². The highest BCUT2D eigenvalue weighted by Crippen LogP contribution is 2.21. The molecule has 1 atom stereocenters. The zero-order valence-corrected chi connectivity index (χ0v) is 13.0. The quantitative estimate of drug-likeness (QED) is 0.874. The first-order valence-electron chi connectivity index (χ1n) is 7.21. The molecule has 0 saturated carbocycles. The maximum Gasteiger partial charge on any atom is 0.252 e. The number of rotatable bonds is 5.